The highest BCUT2D eigenvalue weighted by molar-refractivity contribution is 6.15. The highest BCUT2D eigenvalue weighted by Crippen LogP contribution is 2.41. The van der Waals surface area contributed by atoms with E-state index in [1.165, 1.54) is 7.11 Å². The Hall–Kier alpha value is -3.16. The molecule has 150 valence electrons. The van der Waals surface area contributed by atoms with Crippen molar-refractivity contribution in [3.05, 3.63) is 64.4 Å². The van der Waals surface area contributed by atoms with Crippen molar-refractivity contribution >= 4 is 17.8 Å². The monoisotopic (exact) mass is 395 g/mol. The summed E-state index contributed by atoms with van der Waals surface area (Å²) in [5, 5.41) is 0. The van der Waals surface area contributed by atoms with Crippen LogP contribution in [0.5, 0.6) is 11.5 Å². The SMILES string of the molecule is COCCN1COc2ccc3c(c2C1)O/C(=C\c1ccc(C(=O)OC)cc1)C3=O. The van der Waals surface area contributed by atoms with Crippen LogP contribution < -0.4 is 9.47 Å². The molecule has 7 heteroatoms. The Morgan fingerprint density at radius 1 is 1.17 bits per heavy atom. The van der Waals surface area contributed by atoms with Gasteiger partial charge in [-0.25, -0.2) is 4.79 Å². The quantitative estimate of drug-likeness (QED) is 0.569. The van der Waals surface area contributed by atoms with Crippen LogP contribution in [0.1, 0.15) is 31.8 Å². The Labute approximate surface area is 168 Å². The number of fused-ring (bicyclic) bond motifs is 3. The number of carbonyl (C=O) groups is 2. The van der Waals surface area contributed by atoms with Crippen molar-refractivity contribution in [1.29, 1.82) is 0 Å². The first-order valence-corrected chi connectivity index (χ1v) is 9.23. The Kier molecular flexibility index (Phi) is 5.33. The van der Waals surface area contributed by atoms with E-state index in [1.807, 2.05) is 6.07 Å². The fourth-order valence-corrected chi connectivity index (χ4v) is 3.35. The molecule has 0 saturated carbocycles. The second-order valence-corrected chi connectivity index (χ2v) is 6.79. The maximum atomic E-state index is 12.8. The highest BCUT2D eigenvalue weighted by atomic mass is 16.5. The van der Waals surface area contributed by atoms with E-state index in [0.29, 0.717) is 36.8 Å². The zero-order valence-electron chi connectivity index (χ0n) is 16.3. The number of carbonyl (C=O) groups excluding carboxylic acids is 2. The standard InChI is InChI=1S/C22H21NO6/c1-26-10-9-23-12-17-18(28-13-23)8-7-16-20(24)19(29-21(16)17)11-14-3-5-15(6-4-14)22(25)27-2/h3-8,11H,9-10,12-13H2,1-2H3/b19-11-. The molecule has 0 spiro atoms. The van der Waals surface area contributed by atoms with Gasteiger partial charge in [-0.15, -0.1) is 0 Å². The number of Topliss-reactive ketones (excluding diaryl/α,β-unsaturated/α-hetero) is 1. The van der Waals surface area contributed by atoms with Crippen LogP contribution in [-0.4, -0.2) is 50.8 Å². The van der Waals surface area contributed by atoms with Crippen molar-refractivity contribution in [2.45, 2.75) is 6.54 Å². The van der Waals surface area contributed by atoms with Crippen LogP contribution in [0, 0.1) is 0 Å². The first-order valence-electron chi connectivity index (χ1n) is 9.23. The van der Waals surface area contributed by atoms with Gasteiger partial charge in [0.05, 0.1) is 30.4 Å². The van der Waals surface area contributed by atoms with Gasteiger partial charge in [0, 0.05) is 20.2 Å². The average Bonchev–Trinajstić information content (AvgIpc) is 3.08. The van der Waals surface area contributed by atoms with Crippen LogP contribution in [0.25, 0.3) is 6.08 Å². The van der Waals surface area contributed by atoms with Crippen LogP contribution in [0.4, 0.5) is 0 Å². The van der Waals surface area contributed by atoms with Crippen LogP contribution in [0.2, 0.25) is 0 Å². The maximum absolute atomic E-state index is 12.8. The van der Waals surface area contributed by atoms with Gasteiger partial charge in [0.15, 0.2) is 5.76 Å². The number of ketones is 1. The lowest BCUT2D eigenvalue weighted by Crippen LogP contribution is -2.34. The molecular formula is C22H21NO6. The Morgan fingerprint density at radius 3 is 2.69 bits per heavy atom. The number of ether oxygens (including phenoxy) is 4. The summed E-state index contributed by atoms with van der Waals surface area (Å²) in [7, 11) is 2.99. The summed E-state index contributed by atoms with van der Waals surface area (Å²) in [6, 6.07) is 10.3. The predicted molar refractivity (Wildman–Crippen MR) is 105 cm³/mol. The molecular weight excluding hydrogens is 374 g/mol. The number of benzene rings is 2. The normalized spacial score (nSPS) is 16.8. The minimum atomic E-state index is -0.408. The summed E-state index contributed by atoms with van der Waals surface area (Å²) in [5.74, 6) is 0.942. The molecule has 4 rings (SSSR count). The lowest BCUT2D eigenvalue weighted by Gasteiger charge is -2.29. The second-order valence-electron chi connectivity index (χ2n) is 6.79. The summed E-state index contributed by atoms with van der Waals surface area (Å²) in [6.07, 6.45) is 1.67. The maximum Gasteiger partial charge on any atom is 0.337 e. The summed E-state index contributed by atoms with van der Waals surface area (Å²) < 4.78 is 21.6. The fraction of sp³-hybridized carbons (Fsp3) is 0.273. The molecule has 0 saturated heterocycles. The number of methoxy groups -OCH3 is 2. The summed E-state index contributed by atoms with van der Waals surface area (Å²) in [6.45, 7) is 2.41. The van der Waals surface area contributed by atoms with Crippen LogP contribution in [-0.2, 0) is 16.0 Å². The van der Waals surface area contributed by atoms with Gasteiger partial charge in [0.2, 0.25) is 5.78 Å². The van der Waals surface area contributed by atoms with Gasteiger partial charge in [-0.3, -0.25) is 9.69 Å². The number of nitrogens with zero attached hydrogens (tertiary/aromatic N) is 1. The third-order valence-corrected chi connectivity index (χ3v) is 4.92. The van der Waals surface area contributed by atoms with E-state index in [1.54, 1.807) is 43.5 Å². The van der Waals surface area contributed by atoms with E-state index in [2.05, 4.69) is 4.90 Å². The van der Waals surface area contributed by atoms with Gasteiger partial charge in [-0.1, -0.05) is 12.1 Å². The third-order valence-electron chi connectivity index (χ3n) is 4.92. The second kappa shape index (κ2) is 8.06. The smallest absolute Gasteiger partial charge is 0.337 e. The van der Waals surface area contributed by atoms with E-state index in [9.17, 15) is 9.59 Å². The Bertz CT molecular complexity index is 980. The number of allylic oxidation sites excluding steroid dienone is 1. The molecule has 0 aromatic heterocycles. The molecule has 0 bridgehead atoms. The summed E-state index contributed by atoms with van der Waals surface area (Å²) in [4.78, 5) is 26.5. The fourth-order valence-electron chi connectivity index (χ4n) is 3.35. The van der Waals surface area contributed by atoms with Crippen LogP contribution in [0.15, 0.2) is 42.2 Å². The van der Waals surface area contributed by atoms with Gasteiger partial charge < -0.3 is 18.9 Å². The summed E-state index contributed by atoms with van der Waals surface area (Å²) >= 11 is 0. The average molecular weight is 395 g/mol. The molecule has 2 aliphatic rings. The summed E-state index contributed by atoms with van der Waals surface area (Å²) in [5.41, 5.74) is 2.58. The molecule has 2 heterocycles. The van der Waals surface area contributed by atoms with Crippen molar-refractivity contribution in [1.82, 2.24) is 4.90 Å². The molecule has 0 N–H and O–H groups in total. The molecule has 0 amide bonds. The van der Waals surface area contributed by atoms with Gasteiger partial charge >= 0.3 is 5.97 Å². The van der Waals surface area contributed by atoms with Crippen molar-refractivity contribution in [3.63, 3.8) is 0 Å². The van der Waals surface area contributed by atoms with Crippen molar-refractivity contribution in [2.75, 3.05) is 34.1 Å². The first-order chi connectivity index (χ1) is 14.1. The van der Waals surface area contributed by atoms with Crippen molar-refractivity contribution in [3.8, 4) is 11.5 Å². The third kappa shape index (κ3) is 3.74. The molecule has 2 aromatic rings. The number of esters is 1. The lowest BCUT2D eigenvalue weighted by atomic mass is 10.0. The number of rotatable bonds is 5. The minimum absolute atomic E-state index is 0.172. The van der Waals surface area contributed by atoms with E-state index >= 15 is 0 Å². The van der Waals surface area contributed by atoms with Crippen LogP contribution >= 0.6 is 0 Å². The van der Waals surface area contributed by atoms with E-state index in [-0.39, 0.29) is 11.5 Å². The largest absolute Gasteiger partial charge is 0.478 e. The Morgan fingerprint density at radius 2 is 1.97 bits per heavy atom. The van der Waals surface area contributed by atoms with Gasteiger partial charge in [-0.2, -0.15) is 0 Å². The molecule has 29 heavy (non-hydrogen) atoms. The minimum Gasteiger partial charge on any atom is -0.478 e. The zero-order valence-corrected chi connectivity index (χ0v) is 16.3. The molecule has 0 aliphatic carbocycles. The van der Waals surface area contributed by atoms with E-state index in [0.717, 1.165) is 23.4 Å². The van der Waals surface area contributed by atoms with Gasteiger partial charge in [0.1, 0.15) is 18.2 Å². The number of hydrogen-bond acceptors (Lipinski definition) is 7. The van der Waals surface area contributed by atoms with E-state index < -0.39 is 5.97 Å². The van der Waals surface area contributed by atoms with E-state index in [4.69, 9.17) is 18.9 Å². The van der Waals surface area contributed by atoms with Crippen molar-refractivity contribution in [2.24, 2.45) is 0 Å². The topological polar surface area (TPSA) is 74.3 Å². The molecule has 0 fully saturated rings. The molecule has 0 atom stereocenters. The van der Waals surface area contributed by atoms with Crippen molar-refractivity contribution < 1.29 is 28.5 Å². The Balaban J connectivity index is 1.59. The highest BCUT2D eigenvalue weighted by Gasteiger charge is 2.33. The molecule has 0 unspecified atom stereocenters. The molecule has 2 aliphatic heterocycles. The van der Waals surface area contributed by atoms with Gasteiger partial charge in [0.25, 0.3) is 0 Å². The first kappa shape index (κ1) is 19.2. The predicted octanol–water partition coefficient (Wildman–Crippen LogP) is 2.89. The number of hydrogen-bond donors (Lipinski definition) is 0. The lowest BCUT2D eigenvalue weighted by molar-refractivity contribution is 0.0600. The molecule has 7 nitrogen and oxygen atoms in total. The van der Waals surface area contributed by atoms with Gasteiger partial charge in [-0.05, 0) is 35.9 Å². The molecule has 2 aromatic carbocycles. The zero-order chi connectivity index (χ0) is 20.4. The molecule has 0 radical (unpaired) electrons. The van der Waals surface area contributed by atoms with Crippen LogP contribution in [0.3, 0.4) is 0 Å².